The third kappa shape index (κ3) is 4.22. The average Bonchev–Trinajstić information content (AvgIpc) is 2.42. The highest BCUT2D eigenvalue weighted by molar-refractivity contribution is 5.45. The molecule has 0 saturated heterocycles. The molecule has 114 valence electrons. The second-order valence-electron chi connectivity index (χ2n) is 5.47. The molecule has 1 aromatic carbocycles. The molecule has 2 atom stereocenters. The minimum Gasteiger partial charge on any atom is -0.496 e. The molecule has 0 heterocycles. The minimum absolute atomic E-state index is 0.0663. The molecule has 0 spiro atoms. The first-order valence-corrected chi connectivity index (χ1v) is 7.61. The first-order valence-electron chi connectivity index (χ1n) is 7.61. The zero-order valence-electron chi connectivity index (χ0n) is 13.5. The van der Waals surface area contributed by atoms with Gasteiger partial charge in [0.25, 0.3) is 0 Å². The number of aryl methyl sites for hydroxylation is 2. The Morgan fingerprint density at radius 2 is 1.95 bits per heavy atom. The number of rotatable bonds is 8. The van der Waals surface area contributed by atoms with Gasteiger partial charge in [0.2, 0.25) is 0 Å². The van der Waals surface area contributed by atoms with Crippen LogP contribution in [0.4, 0.5) is 0 Å². The Hall–Kier alpha value is -1.06. The number of aliphatic hydroxyl groups excluding tert-OH is 1. The molecule has 0 radical (unpaired) electrons. The van der Waals surface area contributed by atoms with Crippen molar-refractivity contribution >= 4 is 0 Å². The van der Waals surface area contributed by atoms with Gasteiger partial charge in [0, 0.05) is 11.6 Å². The monoisotopic (exact) mass is 279 g/mol. The Morgan fingerprint density at radius 1 is 1.25 bits per heavy atom. The zero-order valence-corrected chi connectivity index (χ0v) is 13.5. The van der Waals surface area contributed by atoms with Gasteiger partial charge in [0.05, 0.1) is 13.2 Å². The Bertz CT molecular complexity index is 418. The quantitative estimate of drug-likeness (QED) is 0.715. The molecule has 2 unspecified atom stereocenters. The van der Waals surface area contributed by atoms with Crippen LogP contribution >= 0.6 is 0 Å². The van der Waals surface area contributed by atoms with E-state index in [0.29, 0.717) is 0 Å². The second kappa shape index (κ2) is 8.28. The van der Waals surface area contributed by atoms with Crippen molar-refractivity contribution < 1.29 is 9.84 Å². The van der Waals surface area contributed by atoms with Crippen molar-refractivity contribution in [1.29, 1.82) is 0 Å². The summed E-state index contributed by atoms with van der Waals surface area (Å²) in [5.41, 5.74) is 3.12. The molecule has 0 amide bonds. The number of hydrogen-bond donors (Lipinski definition) is 2. The first-order chi connectivity index (χ1) is 9.54. The van der Waals surface area contributed by atoms with Gasteiger partial charge in [0.15, 0.2) is 0 Å². The molecule has 3 heteroatoms. The largest absolute Gasteiger partial charge is 0.496 e. The number of methoxy groups -OCH3 is 1. The number of benzene rings is 1. The van der Waals surface area contributed by atoms with Crippen molar-refractivity contribution in [3.05, 3.63) is 28.8 Å². The van der Waals surface area contributed by atoms with E-state index in [1.807, 2.05) is 19.9 Å². The average molecular weight is 279 g/mol. The smallest absolute Gasteiger partial charge is 0.127 e. The highest BCUT2D eigenvalue weighted by Gasteiger charge is 2.23. The van der Waals surface area contributed by atoms with E-state index in [1.165, 1.54) is 0 Å². The molecular formula is C17H29NO2. The van der Waals surface area contributed by atoms with Crippen LogP contribution in [0.25, 0.3) is 0 Å². The molecule has 1 rings (SSSR count). The lowest BCUT2D eigenvalue weighted by molar-refractivity contribution is 0.122. The van der Waals surface area contributed by atoms with Crippen LogP contribution in [0.15, 0.2) is 12.1 Å². The summed E-state index contributed by atoms with van der Waals surface area (Å²) < 4.78 is 5.48. The lowest BCUT2D eigenvalue weighted by Crippen LogP contribution is -2.35. The molecule has 0 aliphatic rings. The van der Waals surface area contributed by atoms with Gasteiger partial charge in [-0.05, 0) is 44.9 Å². The molecule has 3 nitrogen and oxygen atoms in total. The Balaban J connectivity index is 2.96. The van der Waals surface area contributed by atoms with E-state index in [4.69, 9.17) is 4.74 Å². The van der Waals surface area contributed by atoms with Crippen LogP contribution in [0, 0.1) is 13.8 Å². The minimum atomic E-state index is -0.537. The lowest BCUT2D eigenvalue weighted by atomic mass is 9.95. The topological polar surface area (TPSA) is 41.5 Å². The van der Waals surface area contributed by atoms with Gasteiger partial charge in [-0.1, -0.05) is 31.9 Å². The summed E-state index contributed by atoms with van der Waals surface area (Å²) in [7, 11) is 1.67. The molecule has 0 aliphatic heterocycles. The molecule has 20 heavy (non-hydrogen) atoms. The third-order valence-corrected chi connectivity index (χ3v) is 3.73. The summed E-state index contributed by atoms with van der Waals surface area (Å²) in [6.45, 7) is 9.29. The predicted octanol–water partition coefficient (Wildman–Crippen LogP) is 3.51. The number of hydrogen-bond acceptors (Lipinski definition) is 3. The van der Waals surface area contributed by atoms with E-state index >= 15 is 0 Å². The van der Waals surface area contributed by atoms with Gasteiger partial charge in [-0.3, -0.25) is 0 Å². The lowest BCUT2D eigenvalue weighted by Gasteiger charge is -2.26. The summed E-state index contributed by atoms with van der Waals surface area (Å²) >= 11 is 0. The Kier molecular flexibility index (Phi) is 7.03. The van der Waals surface area contributed by atoms with Crippen LogP contribution in [0.2, 0.25) is 0 Å². The van der Waals surface area contributed by atoms with Crippen molar-refractivity contribution in [3.63, 3.8) is 0 Å². The van der Waals surface area contributed by atoms with Crippen molar-refractivity contribution in [2.24, 2.45) is 0 Å². The van der Waals surface area contributed by atoms with E-state index in [-0.39, 0.29) is 6.04 Å². The molecule has 0 aliphatic carbocycles. The fourth-order valence-corrected chi connectivity index (χ4v) is 2.65. The van der Waals surface area contributed by atoms with Gasteiger partial charge in [-0.25, -0.2) is 0 Å². The van der Waals surface area contributed by atoms with Crippen LogP contribution < -0.4 is 10.1 Å². The van der Waals surface area contributed by atoms with E-state index in [2.05, 4.69) is 25.2 Å². The van der Waals surface area contributed by atoms with E-state index in [1.54, 1.807) is 7.11 Å². The second-order valence-corrected chi connectivity index (χ2v) is 5.47. The predicted molar refractivity (Wildman–Crippen MR) is 84.4 cm³/mol. The zero-order chi connectivity index (χ0) is 15.1. The number of ether oxygens (including phenoxy) is 1. The maximum Gasteiger partial charge on any atom is 0.127 e. The van der Waals surface area contributed by atoms with Gasteiger partial charge >= 0.3 is 0 Å². The van der Waals surface area contributed by atoms with Gasteiger partial charge in [-0.2, -0.15) is 0 Å². The molecule has 0 aromatic heterocycles. The molecule has 0 fully saturated rings. The van der Waals surface area contributed by atoms with Gasteiger partial charge < -0.3 is 15.2 Å². The Labute approximate surface area is 123 Å². The fraction of sp³-hybridized carbons (Fsp3) is 0.647. The highest BCUT2D eigenvalue weighted by atomic mass is 16.5. The highest BCUT2D eigenvalue weighted by Crippen LogP contribution is 2.32. The normalized spacial score (nSPS) is 14.1. The van der Waals surface area contributed by atoms with Crippen molar-refractivity contribution in [3.8, 4) is 5.75 Å². The molecule has 2 N–H and O–H groups in total. The maximum absolute atomic E-state index is 10.7. The van der Waals surface area contributed by atoms with E-state index in [9.17, 15) is 5.11 Å². The van der Waals surface area contributed by atoms with Crippen molar-refractivity contribution in [2.45, 2.75) is 59.1 Å². The van der Waals surface area contributed by atoms with E-state index < -0.39 is 6.10 Å². The van der Waals surface area contributed by atoms with Gasteiger partial charge in [-0.15, -0.1) is 0 Å². The SMILES string of the molecule is CCCCNC(CC)C(O)c1cc(C)cc(C)c1OC. The van der Waals surface area contributed by atoms with Crippen molar-refractivity contribution in [1.82, 2.24) is 5.32 Å². The molecular weight excluding hydrogens is 250 g/mol. The van der Waals surface area contributed by atoms with E-state index in [0.717, 1.165) is 48.2 Å². The summed E-state index contributed by atoms with van der Waals surface area (Å²) in [5, 5.41) is 14.2. The first kappa shape index (κ1) is 17.0. The van der Waals surface area contributed by atoms with Crippen LogP contribution in [0.1, 0.15) is 55.9 Å². The van der Waals surface area contributed by atoms with Crippen LogP contribution in [-0.2, 0) is 0 Å². The van der Waals surface area contributed by atoms with Crippen LogP contribution in [-0.4, -0.2) is 24.8 Å². The fourth-order valence-electron chi connectivity index (χ4n) is 2.65. The molecule has 0 bridgehead atoms. The molecule has 1 aromatic rings. The molecule has 0 saturated carbocycles. The summed E-state index contributed by atoms with van der Waals surface area (Å²) in [4.78, 5) is 0. The van der Waals surface area contributed by atoms with Crippen LogP contribution in [0.5, 0.6) is 5.75 Å². The Morgan fingerprint density at radius 3 is 2.50 bits per heavy atom. The summed E-state index contributed by atoms with van der Waals surface area (Å²) in [6.07, 6.45) is 2.64. The summed E-state index contributed by atoms with van der Waals surface area (Å²) in [5.74, 6) is 0.804. The third-order valence-electron chi connectivity index (χ3n) is 3.73. The number of nitrogens with one attached hydrogen (secondary N) is 1. The maximum atomic E-state index is 10.7. The number of aliphatic hydroxyl groups is 1. The van der Waals surface area contributed by atoms with Crippen molar-refractivity contribution in [2.75, 3.05) is 13.7 Å². The van der Waals surface area contributed by atoms with Gasteiger partial charge in [0.1, 0.15) is 5.75 Å². The standard InChI is InChI=1S/C17H29NO2/c1-6-8-9-18-15(7-2)16(19)14-11-12(3)10-13(4)17(14)20-5/h10-11,15-16,18-19H,6-9H2,1-5H3. The summed E-state index contributed by atoms with van der Waals surface area (Å²) in [6, 6.07) is 4.18. The van der Waals surface area contributed by atoms with Crippen LogP contribution in [0.3, 0.4) is 0 Å². The number of unbranched alkanes of at least 4 members (excludes halogenated alkanes) is 1.